The summed E-state index contributed by atoms with van der Waals surface area (Å²) in [6, 6.07) is 30.1. The third-order valence-corrected chi connectivity index (χ3v) is 14.1. The highest BCUT2D eigenvalue weighted by Crippen LogP contribution is 2.50. The second-order valence-electron chi connectivity index (χ2n) is 16.6. The summed E-state index contributed by atoms with van der Waals surface area (Å²) in [5.74, 6) is 2.09. The maximum Gasteiger partial charge on any atom is 0.131 e. The molecule has 6 saturated heterocycles. The number of benzene rings is 3. The molecule has 0 radical (unpaired) electrons. The van der Waals surface area contributed by atoms with Crippen molar-refractivity contribution in [3.8, 4) is 0 Å². The van der Waals surface area contributed by atoms with Gasteiger partial charge in [0.1, 0.15) is 37.4 Å². The Morgan fingerprint density at radius 2 is 1.04 bits per heavy atom. The number of piperidine rings is 6. The zero-order chi connectivity index (χ0) is 35.5. The topological polar surface area (TPSA) is 66.2 Å². The average molecular weight is 693 g/mol. The summed E-state index contributed by atoms with van der Waals surface area (Å²) in [6.45, 7) is 14.5. The highest BCUT2D eigenvalue weighted by Gasteiger charge is 2.55. The number of para-hydroxylation sites is 2. The van der Waals surface area contributed by atoms with Crippen LogP contribution in [0.3, 0.4) is 0 Å². The van der Waals surface area contributed by atoms with Gasteiger partial charge in [0.25, 0.3) is 0 Å². The first-order chi connectivity index (χ1) is 25.4. The standard InChI is InChI=1S/C46H52N4O2/c1-3-33-29-49(23-19-35(33)25-43(49)45(51)39-17-21-47-41-11-7-5-9-37(39)41)27-31-13-15-32(16-14-31)28-50-24-20-36(34(4-2)30-50)26-44(50)46(52)40-18-22-48-42-12-8-6-10-38(40)42/h3-18,21-22,33-36,43-46,51-52H,1-2,19-20,23-30H2/q+2/t33?,34?,35?,36?,43?,44?,45-,46-,49?,50?/m1/s1. The van der Waals surface area contributed by atoms with Crippen LogP contribution in [0.2, 0.25) is 0 Å². The fraction of sp³-hybridized carbons (Fsp3) is 0.391. The van der Waals surface area contributed by atoms with E-state index in [4.69, 9.17) is 0 Å². The third kappa shape index (κ3) is 5.63. The van der Waals surface area contributed by atoms with E-state index >= 15 is 0 Å². The van der Waals surface area contributed by atoms with E-state index in [1.807, 2.05) is 60.9 Å². The summed E-state index contributed by atoms with van der Waals surface area (Å²) in [6.07, 6.45) is 11.3. The van der Waals surface area contributed by atoms with Gasteiger partial charge in [-0.25, -0.2) is 0 Å². The molecule has 2 aromatic heterocycles. The van der Waals surface area contributed by atoms with Crippen LogP contribution in [0.15, 0.2) is 123 Å². The monoisotopic (exact) mass is 692 g/mol. The molecule has 6 heteroatoms. The molecule has 6 nitrogen and oxygen atoms in total. The van der Waals surface area contributed by atoms with Crippen LogP contribution < -0.4 is 0 Å². The zero-order valence-corrected chi connectivity index (χ0v) is 30.2. The first-order valence-electron chi connectivity index (χ1n) is 19.5. The minimum Gasteiger partial charge on any atom is -0.382 e. The number of rotatable bonds is 10. The molecule has 0 saturated carbocycles. The fourth-order valence-electron chi connectivity index (χ4n) is 11.4. The largest absolute Gasteiger partial charge is 0.382 e. The van der Waals surface area contributed by atoms with E-state index < -0.39 is 12.2 Å². The van der Waals surface area contributed by atoms with Gasteiger partial charge >= 0.3 is 0 Å². The van der Waals surface area contributed by atoms with Gasteiger partial charge in [0, 0.05) is 71.8 Å². The number of aromatic nitrogens is 2. The Hall–Kier alpha value is -4.20. The molecule has 0 amide bonds. The number of pyridine rings is 2. The van der Waals surface area contributed by atoms with Crippen LogP contribution in [0.1, 0.15) is 60.1 Å². The smallest absolute Gasteiger partial charge is 0.131 e. The Morgan fingerprint density at radius 3 is 1.46 bits per heavy atom. The van der Waals surface area contributed by atoms with Crippen molar-refractivity contribution < 1.29 is 19.2 Å². The Labute approximate surface area is 308 Å². The highest BCUT2D eigenvalue weighted by molar-refractivity contribution is 5.83. The van der Waals surface area contributed by atoms with Crippen molar-refractivity contribution in [2.75, 3.05) is 26.2 Å². The normalized spacial score (nSPS) is 32.1. The number of hydrogen-bond acceptors (Lipinski definition) is 4. The van der Waals surface area contributed by atoms with E-state index in [0.29, 0.717) is 23.7 Å². The van der Waals surface area contributed by atoms with Crippen molar-refractivity contribution in [1.82, 2.24) is 9.97 Å². The summed E-state index contributed by atoms with van der Waals surface area (Å²) in [7, 11) is 0. The lowest BCUT2D eigenvalue weighted by atomic mass is 9.71. The van der Waals surface area contributed by atoms with Gasteiger partial charge in [-0.1, -0.05) is 72.8 Å². The molecule has 4 bridgehead atoms. The molecule has 0 spiro atoms. The molecular formula is C46H52N4O2+2. The second-order valence-corrected chi connectivity index (χ2v) is 16.6. The van der Waals surface area contributed by atoms with Gasteiger partial charge < -0.3 is 19.2 Å². The summed E-state index contributed by atoms with van der Waals surface area (Å²) < 4.78 is 1.78. The van der Waals surface area contributed by atoms with Crippen LogP contribution in [0, 0.1) is 23.7 Å². The van der Waals surface area contributed by atoms with Crippen molar-refractivity contribution in [1.29, 1.82) is 0 Å². The van der Waals surface area contributed by atoms with Crippen LogP contribution >= 0.6 is 0 Å². The van der Waals surface area contributed by atoms with Gasteiger partial charge in [0.05, 0.1) is 37.2 Å². The lowest BCUT2D eigenvalue weighted by Crippen LogP contribution is -2.67. The minimum absolute atomic E-state index is 0.121. The predicted octanol–water partition coefficient (Wildman–Crippen LogP) is 8.07. The van der Waals surface area contributed by atoms with Gasteiger partial charge in [-0.3, -0.25) is 9.97 Å². The van der Waals surface area contributed by atoms with Crippen molar-refractivity contribution >= 4 is 21.8 Å². The molecule has 5 aromatic rings. The number of fused-ring (bicyclic) bond motifs is 8. The van der Waals surface area contributed by atoms with E-state index in [1.54, 1.807) is 0 Å². The third-order valence-electron chi connectivity index (χ3n) is 14.1. The number of aliphatic hydroxyl groups excluding tert-OH is 2. The molecule has 8 unspecified atom stereocenters. The Balaban J connectivity index is 0.999. The van der Waals surface area contributed by atoms with Crippen molar-refractivity contribution in [2.45, 2.75) is 63.1 Å². The van der Waals surface area contributed by atoms with E-state index in [9.17, 15) is 10.2 Å². The lowest BCUT2D eigenvalue weighted by Gasteiger charge is -2.58. The fourth-order valence-corrected chi connectivity index (χ4v) is 11.4. The molecule has 0 aliphatic carbocycles. The van der Waals surface area contributed by atoms with E-state index in [1.165, 1.54) is 24.0 Å². The molecule has 8 heterocycles. The Kier molecular flexibility index (Phi) is 8.62. The molecule has 6 fully saturated rings. The molecule has 2 N–H and O–H groups in total. The predicted molar refractivity (Wildman–Crippen MR) is 208 cm³/mol. The summed E-state index contributed by atoms with van der Waals surface area (Å²) >= 11 is 0. The lowest BCUT2D eigenvalue weighted by molar-refractivity contribution is -0.985. The molecule has 6 aliphatic heterocycles. The van der Waals surface area contributed by atoms with Gasteiger partial charge in [0.15, 0.2) is 0 Å². The molecular weight excluding hydrogens is 641 g/mol. The molecule has 6 aliphatic rings. The Morgan fingerprint density at radius 1 is 0.615 bits per heavy atom. The number of quaternary nitrogens is 2. The SMILES string of the molecule is C=CC1C[N+]2(Cc3ccc(C[N+]45CCC(CC4[C@H](O)c4ccnc6ccccc46)C(C=C)C5)cc3)CCC1CC2[C@H](O)c1ccnc2ccccc12. The first kappa shape index (κ1) is 33.6. The average Bonchev–Trinajstić information content (AvgIpc) is 3.20. The first-order valence-corrected chi connectivity index (χ1v) is 19.5. The van der Waals surface area contributed by atoms with E-state index in [-0.39, 0.29) is 12.1 Å². The van der Waals surface area contributed by atoms with Crippen molar-refractivity contribution in [3.05, 3.63) is 145 Å². The second kappa shape index (κ2) is 13.3. The highest BCUT2D eigenvalue weighted by atomic mass is 16.3. The van der Waals surface area contributed by atoms with Crippen LogP contribution in [0.4, 0.5) is 0 Å². The quantitative estimate of drug-likeness (QED) is 0.115. The van der Waals surface area contributed by atoms with Crippen LogP contribution in [-0.4, -0.2) is 67.4 Å². The van der Waals surface area contributed by atoms with Crippen LogP contribution in [0.25, 0.3) is 21.8 Å². The molecule has 11 rings (SSSR count). The zero-order valence-electron chi connectivity index (χ0n) is 30.2. The van der Waals surface area contributed by atoms with E-state index in [2.05, 4.69) is 71.7 Å². The van der Waals surface area contributed by atoms with Gasteiger partial charge in [-0.2, -0.15) is 0 Å². The van der Waals surface area contributed by atoms with E-state index in [0.717, 1.165) is 94.0 Å². The maximum absolute atomic E-state index is 12.2. The van der Waals surface area contributed by atoms with Crippen LogP contribution in [-0.2, 0) is 13.1 Å². The number of nitrogens with zero attached hydrogens (tertiary/aromatic N) is 4. The summed E-state index contributed by atoms with van der Waals surface area (Å²) in [4.78, 5) is 9.18. The molecule has 266 valence electrons. The van der Waals surface area contributed by atoms with Crippen molar-refractivity contribution in [3.63, 3.8) is 0 Å². The van der Waals surface area contributed by atoms with Gasteiger partial charge in [0.2, 0.25) is 0 Å². The van der Waals surface area contributed by atoms with Crippen LogP contribution in [0.5, 0.6) is 0 Å². The van der Waals surface area contributed by atoms with Crippen molar-refractivity contribution in [2.24, 2.45) is 23.7 Å². The molecule has 52 heavy (non-hydrogen) atoms. The maximum atomic E-state index is 12.2. The Bertz CT molecular complexity index is 1950. The number of aliphatic hydroxyl groups is 2. The summed E-state index contributed by atoms with van der Waals surface area (Å²) in [5.41, 5.74) is 6.52. The number of hydrogen-bond donors (Lipinski definition) is 2. The van der Waals surface area contributed by atoms with Gasteiger partial charge in [-0.15, -0.1) is 13.2 Å². The molecule has 10 atom stereocenters. The molecule has 3 aromatic carbocycles. The van der Waals surface area contributed by atoms with Gasteiger partial charge in [-0.05, 0) is 47.2 Å². The summed E-state index contributed by atoms with van der Waals surface area (Å²) in [5, 5.41) is 26.5. The minimum atomic E-state index is -0.558.